The van der Waals surface area contributed by atoms with Gasteiger partial charge in [0, 0.05) is 11.7 Å². The van der Waals surface area contributed by atoms with Crippen molar-refractivity contribution in [2.75, 3.05) is 32.1 Å². The first kappa shape index (κ1) is 20.0. The highest BCUT2D eigenvalue weighted by molar-refractivity contribution is 5.92. The summed E-state index contributed by atoms with van der Waals surface area (Å²) in [6, 6.07) is 7.25. The second-order valence-electron chi connectivity index (χ2n) is 6.18. The average Bonchev–Trinajstić information content (AvgIpc) is 2.54. The normalized spacial score (nSPS) is 12.1. The van der Waals surface area contributed by atoms with Crippen molar-refractivity contribution in [1.29, 1.82) is 0 Å². The van der Waals surface area contributed by atoms with Gasteiger partial charge in [-0.05, 0) is 43.7 Å². The molecule has 1 aromatic rings. The van der Waals surface area contributed by atoms with Crippen LogP contribution in [0.5, 0.6) is 5.75 Å². The van der Waals surface area contributed by atoms with Crippen molar-refractivity contribution < 1.29 is 14.3 Å². The van der Waals surface area contributed by atoms with Crippen LogP contribution in [0.3, 0.4) is 0 Å². The minimum atomic E-state index is -0.147. The molecule has 0 heterocycles. The van der Waals surface area contributed by atoms with E-state index in [1.54, 1.807) is 36.3 Å². The number of methoxy groups -OCH3 is 1. The van der Waals surface area contributed by atoms with Gasteiger partial charge in [-0.1, -0.05) is 20.8 Å². The van der Waals surface area contributed by atoms with Gasteiger partial charge < -0.3 is 15.4 Å². The van der Waals surface area contributed by atoms with Crippen molar-refractivity contribution in [2.24, 2.45) is 5.92 Å². The van der Waals surface area contributed by atoms with Crippen LogP contribution in [0.25, 0.3) is 0 Å². The zero-order valence-corrected chi connectivity index (χ0v) is 15.3. The Bertz CT molecular complexity index is 529. The molecule has 2 amide bonds. The van der Waals surface area contributed by atoms with Crippen LogP contribution in [-0.2, 0) is 9.59 Å². The molecule has 24 heavy (non-hydrogen) atoms. The van der Waals surface area contributed by atoms with Crippen LogP contribution in [0.15, 0.2) is 24.3 Å². The zero-order valence-electron chi connectivity index (χ0n) is 15.3. The highest BCUT2D eigenvalue weighted by atomic mass is 16.5. The summed E-state index contributed by atoms with van der Waals surface area (Å²) in [6.45, 7) is 9.04. The third-order valence-corrected chi connectivity index (χ3v) is 3.94. The van der Waals surface area contributed by atoms with E-state index in [0.717, 1.165) is 5.75 Å². The van der Waals surface area contributed by atoms with E-state index in [9.17, 15) is 9.59 Å². The number of likely N-dealkylation sites (N-methyl/N-ethyl adjacent to an activating group) is 1. The second-order valence-corrected chi connectivity index (χ2v) is 6.18. The van der Waals surface area contributed by atoms with Crippen LogP contribution in [0.1, 0.15) is 27.7 Å². The lowest BCUT2D eigenvalue weighted by molar-refractivity contribution is -0.124. The summed E-state index contributed by atoms with van der Waals surface area (Å²) in [6.07, 6.45) is 0. The minimum absolute atomic E-state index is 0.0599. The van der Waals surface area contributed by atoms with Crippen molar-refractivity contribution in [3.8, 4) is 5.75 Å². The van der Waals surface area contributed by atoms with Crippen LogP contribution in [0.2, 0.25) is 0 Å². The standard InChI is InChI=1S/C18H29N3O3/c1-6-21(11-17(22)19-14(4)13(2)3)12-18(23)20-15-7-9-16(24-5)10-8-15/h7-10,13-14H,6,11-12H2,1-5H3,(H,19,22)(H,20,23)/t14-/m1/s1. The van der Waals surface area contributed by atoms with Crippen LogP contribution < -0.4 is 15.4 Å². The minimum Gasteiger partial charge on any atom is -0.497 e. The molecule has 6 heteroatoms. The zero-order chi connectivity index (χ0) is 18.1. The molecule has 0 unspecified atom stereocenters. The summed E-state index contributed by atoms with van der Waals surface area (Å²) in [5, 5.41) is 5.78. The molecular formula is C18H29N3O3. The summed E-state index contributed by atoms with van der Waals surface area (Å²) < 4.78 is 5.08. The quantitative estimate of drug-likeness (QED) is 0.725. The molecule has 0 aromatic heterocycles. The first-order valence-electron chi connectivity index (χ1n) is 8.31. The molecule has 6 nitrogen and oxygen atoms in total. The highest BCUT2D eigenvalue weighted by Gasteiger charge is 2.16. The van der Waals surface area contributed by atoms with E-state index in [2.05, 4.69) is 24.5 Å². The first-order valence-corrected chi connectivity index (χ1v) is 8.31. The topological polar surface area (TPSA) is 70.7 Å². The number of carbonyl (C=O) groups is 2. The number of hydrogen-bond acceptors (Lipinski definition) is 4. The fourth-order valence-electron chi connectivity index (χ4n) is 2.03. The van der Waals surface area contributed by atoms with Gasteiger partial charge in [-0.15, -0.1) is 0 Å². The predicted molar refractivity (Wildman–Crippen MR) is 96.2 cm³/mol. The molecule has 1 atom stereocenters. The summed E-state index contributed by atoms with van der Waals surface area (Å²) in [5.74, 6) is 0.906. The van der Waals surface area contributed by atoms with Gasteiger partial charge in [0.2, 0.25) is 11.8 Å². The van der Waals surface area contributed by atoms with Gasteiger partial charge >= 0.3 is 0 Å². The number of anilines is 1. The molecule has 0 saturated heterocycles. The van der Waals surface area contributed by atoms with Crippen molar-refractivity contribution >= 4 is 17.5 Å². The molecule has 1 aromatic carbocycles. The Kier molecular flexibility index (Phi) is 8.26. The van der Waals surface area contributed by atoms with E-state index in [1.165, 1.54) is 0 Å². The van der Waals surface area contributed by atoms with Gasteiger partial charge in [-0.3, -0.25) is 14.5 Å². The van der Waals surface area contributed by atoms with E-state index in [-0.39, 0.29) is 30.9 Å². The van der Waals surface area contributed by atoms with E-state index in [0.29, 0.717) is 18.2 Å². The maximum absolute atomic E-state index is 12.1. The average molecular weight is 335 g/mol. The van der Waals surface area contributed by atoms with Gasteiger partial charge in [0.15, 0.2) is 0 Å². The van der Waals surface area contributed by atoms with E-state index in [4.69, 9.17) is 4.74 Å². The number of benzene rings is 1. The number of rotatable bonds is 9. The van der Waals surface area contributed by atoms with Crippen molar-refractivity contribution in [3.05, 3.63) is 24.3 Å². The van der Waals surface area contributed by atoms with Gasteiger partial charge in [0.05, 0.1) is 20.2 Å². The largest absolute Gasteiger partial charge is 0.497 e. The molecule has 134 valence electrons. The van der Waals surface area contributed by atoms with Crippen LogP contribution in [-0.4, -0.2) is 49.5 Å². The molecule has 2 N–H and O–H groups in total. The highest BCUT2D eigenvalue weighted by Crippen LogP contribution is 2.14. The summed E-state index contributed by atoms with van der Waals surface area (Å²) in [5.41, 5.74) is 0.703. The molecule has 0 aliphatic carbocycles. The Morgan fingerprint density at radius 3 is 2.17 bits per heavy atom. The fourth-order valence-corrected chi connectivity index (χ4v) is 2.03. The maximum Gasteiger partial charge on any atom is 0.238 e. The Hall–Kier alpha value is -2.08. The summed E-state index contributed by atoms with van der Waals surface area (Å²) in [4.78, 5) is 26.0. The Labute approximate surface area is 144 Å². The smallest absolute Gasteiger partial charge is 0.238 e. The molecule has 1 rings (SSSR count). The van der Waals surface area contributed by atoms with E-state index < -0.39 is 0 Å². The molecule has 0 radical (unpaired) electrons. The summed E-state index contributed by atoms with van der Waals surface area (Å²) >= 11 is 0. The molecule has 0 fully saturated rings. The van der Waals surface area contributed by atoms with Gasteiger partial charge in [0.25, 0.3) is 0 Å². The number of ether oxygens (including phenoxy) is 1. The molecule has 0 spiro atoms. The molecule has 0 aliphatic rings. The van der Waals surface area contributed by atoms with E-state index >= 15 is 0 Å². The third kappa shape index (κ3) is 7.00. The van der Waals surface area contributed by atoms with Gasteiger partial charge in [0.1, 0.15) is 5.75 Å². The number of nitrogens with zero attached hydrogens (tertiary/aromatic N) is 1. The fraction of sp³-hybridized carbons (Fsp3) is 0.556. The monoisotopic (exact) mass is 335 g/mol. The SMILES string of the molecule is CCN(CC(=O)Nc1ccc(OC)cc1)CC(=O)N[C@H](C)C(C)C. The number of amides is 2. The van der Waals surface area contributed by atoms with Crippen LogP contribution in [0.4, 0.5) is 5.69 Å². The number of nitrogens with one attached hydrogen (secondary N) is 2. The van der Waals surface area contributed by atoms with Gasteiger partial charge in [-0.25, -0.2) is 0 Å². The predicted octanol–water partition coefficient (Wildman–Crippen LogP) is 2.12. The van der Waals surface area contributed by atoms with Crippen LogP contribution >= 0.6 is 0 Å². The second kappa shape index (κ2) is 9.93. The number of carbonyl (C=O) groups excluding carboxylic acids is 2. The molecular weight excluding hydrogens is 306 g/mol. The Morgan fingerprint density at radius 2 is 1.67 bits per heavy atom. The van der Waals surface area contributed by atoms with Crippen molar-refractivity contribution in [3.63, 3.8) is 0 Å². The van der Waals surface area contributed by atoms with Crippen molar-refractivity contribution in [2.45, 2.75) is 33.7 Å². The maximum atomic E-state index is 12.1. The summed E-state index contributed by atoms with van der Waals surface area (Å²) in [7, 11) is 1.60. The van der Waals surface area contributed by atoms with Crippen LogP contribution in [0, 0.1) is 5.92 Å². The van der Waals surface area contributed by atoms with Gasteiger partial charge in [-0.2, -0.15) is 0 Å². The van der Waals surface area contributed by atoms with E-state index in [1.807, 2.05) is 13.8 Å². The Morgan fingerprint density at radius 1 is 1.08 bits per heavy atom. The molecule has 0 aliphatic heterocycles. The lowest BCUT2D eigenvalue weighted by Crippen LogP contribution is -2.44. The lowest BCUT2D eigenvalue weighted by atomic mass is 10.1. The Balaban J connectivity index is 2.48. The first-order chi connectivity index (χ1) is 11.3. The lowest BCUT2D eigenvalue weighted by Gasteiger charge is -2.22. The number of hydrogen-bond donors (Lipinski definition) is 2. The molecule has 0 saturated carbocycles. The third-order valence-electron chi connectivity index (χ3n) is 3.94. The molecule has 0 bridgehead atoms. The van der Waals surface area contributed by atoms with Crippen molar-refractivity contribution in [1.82, 2.24) is 10.2 Å².